The first kappa shape index (κ1) is 49.1. The third kappa shape index (κ3) is 38.2. The highest BCUT2D eigenvalue weighted by Gasteiger charge is 1.99. The quantitative estimate of drug-likeness (QED) is 0.0632. The molecule has 0 radical (unpaired) electrons. The van der Waals surface area contributed by atoms with Gasteiger partial charge in [-0.15, -0.1) is 0 Å². The van der Waals surface area contributed by atoms with E-state index in [9.17, 15) is 0 Å². The molecule has 0 heterocycles. The zero-order chi connectivity index (χ0) is 37.8. The van der Waals surface area contributed by atoms with E-state index in [1.807, 2.05) is 12.1 Å². The van der Waals surface area contributed by atoms with Crippen molar-refractivity contribution in [2.75, 3.05) is 159 Å². The van der Waals surface area contributed by atoms with Crippen LogP contribution < -0.4 is 4.74 Å². The van der Waals surface area contributed by atoms with E-state index in [0.717, 1.165) is 12.2 Å². The summed E-state index contributed by atoms with van der Waals surface area (Å²) in [5.41, 5.74) is 1.38. The minimum Gasteiger partial charge on any atom is -0.499 e. The van der Waals surface area contributed by atoms with E-state index in [2.05, 4.69) is 25.6 Å². The molecule has 0 fully saturated rings. The monoisotopic (exact) mass is 760 g/mol. The molecule has 0 aliphatic carbocycles. The fourth-order valence-electron chi connectivity index (χ4n) is 4.57. The highest BCUT2D eigenvalue weighted by Crippen LogP contribution is 2.15. The highest BCUT2D eigenvalue weighted by molar-refractivity contribution is 5.27. The van der Waals surface area contributed by atoms with Crippen LogP contribution >= 0.6 is 0 Å². The molecule has 0 unspecified atom stereocenters. The standard InChI is InChI=1S/C40H72O13/c1-3-5-6-7-8-9-10-39-11-13-40(14-12-39)53-38-37-52-36-35-51-34-33-50-32-31-49-30-29-48-28-27-47-26-25-46-24-23-45-22-21-44-20-19-43-18-17-42-16-15-41-4-2/h4,11-14H,2-3,5-10,15-38H2,1H3. The molecule has 0 saturated carbocycles. The summed E-state index contributed by atoms with van der Waals surface area (Å²) in [6.45, 7) is 18.1. The Kier molecular flexibility index (Phi) is 39.7. The summed E-state index contributed by atoms with van der Waals surface area (Å²) >= 11 is 0. The largest absolute Gasteiger partial charge is 0.499 e. The van der Waals surface area contributed by atoms with Crippen LogP contribution in [0.15, 0.2) is 37.1 Å². The van der Waals surface area contributed by atoms with Crippen molar-refractivity contribution >= 4 is 0 Å². The lowest BCUT2D eigenvalue weighted by atomic mass is 10.0. The first-order chi connectivity index (χ1) is 26.4. The molecule has 0 atom stereocenters. The molecule has 0 bridgehead atoms. The van der Waals surface area contributed by atoms with Gasteiger partial charge in [0.1, 0.15) is 19.0 Å². The smallest absolute Gasteiger partial charge is 0.119 e. The molecule has 1 rings (SSSR count). The highest BCUT2D eigenvalue weighted by atomic mass is 16.6. The van der Waals surface area contributed by atoms with Crippen LogP contribution in [0.1, 0.15) is 51.0 Å². The van der Waals surface area contributed by atoms with Crippen LogP contribution in [-0.4, -0.2) is 159 Å². The van der Waals surface area contributed by atoms with Gasteiger partial charge < -0.3 is 61.6 Å². The van der Waals surface area contributed by atoms with Gasteiger partial charge in [0.25, 0.3) is 0 Å². The zero-order valence-electron chi connectivity index (χ0n) is 32.8. The molecule has 13 heteroatoms. The molecule has 1 aromatic rings. The van der Waals surface area contributed by atoms with Crippen LogP contribution in [0, 0.1) is 0 Å². The Balaban J connectivity index is 1.67. The molecule has 0 aliphatic heterocycles. The molecule has 0 aromatic heterocycles. The Morgan fingerprint density at radius 1 is 0.377 bits per heavy atom. The average molecular weight is 761 g/mol. The molecule has 1 aromatic carbocycles. The number of aryl methyl sites for hydroxylation is 1. The maximum Gasteiger partial charge on any atom is 0.119 e. The van der Waals surface area contributed by atoms with Gasteiger partial charge >= 0.3 is 0 Å². The van der Waals surface area contributed by atoms with E-state index in [1.54, 1.807) is 0 Å². The number of hydrogen-bond acceptors (Lipinski definition) is 13. The fourth-order valence-corrected chi connectivity index (χ4v) is 4.57. The molecule has 0 N–H and O–H groups in total. The van der Waals surface area contributed by atoms with Gasteiger partial charge in [-0.05, 0) is 30.5 Å². The maximum absolute atomic E-state index is 5.78. The van der Waals surface area contributed by atoms with Gasteiger partial charge in [-0.2, -0.15) is 0 Å². The molecule has 0 saturated heterocycles. The number of hydrogen-bond donors (Lipinski definition) is 0. The SMILES string of the molecule is C=COCCOCCOCCOCCOCCOCCOCCOCCOCCOCCOCCOCCOc1ccc(CCCCCCCC)cc1. The van der Waals surface area contributed by atoms with E-state index in [-0.39, 0.29) is 0 Å². The minimum absolute atomic E-state index is 0.501. The van der Waals surface area contributed by atoms with Gasteiger partial charge in [-0.3, -0.25) is 0 Å². The molecule has 0 amide bonds. The number of ether oxygens (including phenoxy) is 13. The van der Waals surface area contributed by atoms with E-state index < -0.39 is 0 Å². The minimum atomic E-state index is 0.501. The third-order valence-corrected chi connectivity index (χ3v) is 7.42. The first-order valence-corrected chi connectivity index (χ1v) is 19.7. The lowest BCUT2D eigenvalue weighted by Crippen LogP contribution is -2.15. The lowest BCUT2D eigenvalue weighted by Gasteiger charge is -2.09. The van der Waals surface area contributed by atoms with Gasteiger partial charge in [0.2, 0.25) is 0 Å². The summed E-state index contributed by atoms with van der Waals surface area (Å²) in [5.74, 6) is 0.884. The van der Waals surface area contributed by atoms with Gasteiger partial charge in [0.05, 0.1) is 152 Å². The van der Waals surface area contributed by atoms with Crippen molar-refractivity contribution in [3.8, 4) is 5.75 Å². The average Bonchev–Trinajstić information content (AvgIpc) is 3.18. The van der Waals surface area contributed by atoms with Crippen molar-refractivity contribution < 1.29 is 61.6 Å². The van der Waals surface area contributed by atoms with Crippen molar-refractivity contribution in [1.29, 1.82) is 0 Å². The molecular formula is C40H72O13. The predicted molar refractivity (Wildman–Crippen MR) is 204 cm³/mol. The van der Waals surface area contributed by atoms with Crippen molar-refractivity contribution in [3.05, 3.63) is 42.7 Å². The number of rotatable bonds is 45. The Bertz CT molecular complexity index is 846. The van der Waals surface area contributed by atoms with Crippen molar-refractivity contribution in [3.63, 3.8) is 0 Å². The van der Waals surface area contributed by atoms with E-state index >= 15 is 0 Å². The summed E-state index contributed by atoms with van der Waals surface area (Å²) in [7, 11) is 0. The summed E-state index contributed by atoms with van der Waals surface area (Å²) < 4.78 is 71.1. The number of unbranched alkanes of at least 4 members (excludes halogenated alkanes) is 5. The van der Waals surface area contributed by atoms with Gasteiger partial charge in [-0.1, -0.05) is 57.7 Å². The second kappa shape index (κ2) is 42.9. The van der Waals surface area contributed by atoms with Crippen LogP contribution in [0.2, 0.25) is 0 Å². The third-order valence-electron chi connectivity index (χ3n) is 7.42. The summed E-state index contributed by atoms with van der Waals surface area (Å²) in [4.78, 5) is 0. The predicted octanol–water partition coefficient (Wildman–Crippen LogP) is 5.31. The van der Waals surface area contributed by atoms with Gasteiger partial charge in [0.15, 0.2) is 0 Å². The Labute approximate surface area is 320 Å². The van der Waals surface area contributed by atoms with Crippen LogP contribution in [0.25, 0.3) is 0 Å². The van der Waals surface area contributed by atoms with Crippen LogP contribution in [0.4, 0.5) is 0 Å². The number of benzene rings is 1. The van der Waals surface area contributed by atoms with E-state index in [0.29, 0.717) is 159 Å². The van der Waals surface area contributed by atoms with E-state index in [4.69, 9.17) is 61.6 Å². The van der Waals surface area contributed by atoms with Crippen LogP contribution in [-0.2, 0) is 63.3 Å². The second-order valence-corrected chi connectivity index (χ2v) is 11.8. The molecule has 0 spiro atoms. The van der Waals surface area contributed by atoms with E-state index in [1.165, 1.54) is 50.4 Å². The normalized spacial score (nSPS) is 11.3. The van der Waals surface area contributed by atoms with Crippen molar-refractivity contribution in [1.82, 2.24) is 0 Å². The topological polar surface area (TPSA) is 120 Å². The molecule has 310 valence electrons. The Morgan fingerprint density at radius 3 is 1.02 bits per heavy atom. The molecular weight excluding hydrogens is 688 g/mol. The zero-order valence-corrected chi connectivity index (χ0v) is 32.8. The molecule has 53 heavy (non-hydrogen) atoms. The summed E-state index contributed by atoms with van der Waals surface area (Å²) in [6.07, 6.45) is 10.5. The Morgan fingerprint density at radius 2 is 0.679 bits per heavy atom. The molecule has 0 aliphatic rings. The first-order valence-electron chi connectivity index (χ1n) is 19.7. The lowest BCUT2D eigenvalue weighted by molar-refractivity contribution is -0.0280. The maximum atomic E-state index is 5.78. The van der Waals surface area contributed by atoms with Crippen LogP contribution in [0.3, 0.4) is 0 Å². The van der Waals surface area contributed by atoms with Gasteiger partial charge in [0, 0.05) is 0 Å². The van der Waals surface area contributed by atoms with Crippen molar-refractivity contribution in [2.24, 2.45) is 0 Å². The van der Waals surface area contributed by atoms with Crippen LogP contribution in [0.5, 0.6) is 5.75 Å². The fraction of sp³-hybridized carbons (Fsp3) is 0.800. The van der Waals surface area contributed by atoms with Crippen molar-refractivity contribution in [2.45, 2.75) is 51.9 Å². The second-order valence-electron chi connectivity index (χ2n) is 11.8. The summed E-state index contributed by atoms with van der Waals surface area (Å²) in [5, 5.41) is 0. The molecule has 13 nitrogen and oxygen atoms in total. The Hall–Kier alpha value is -1.88. The summed E-state index contributed by atoms with van der Waals surface area (Å²) in [6, 6.07) is 8.43. The van der Waals surface area contributed by atoms with Gasteiger partial charge in [-0.25, -0.2) is 0 Å².